The van der Waals surface area contributed by atoms with Crippen molar-refractivity contribution in [2.75, 3.05) is 0 Å². The van der Waals surface area contributed by atoms with Gasteiger partial charge in [0.2, 0.25) is 0 Å². The first kappa shape index (κ1) is 11.8. The zero-order valence-corrected chi connectivity index (χ0v) is 11.3. The van der Waals surface area contributed by atoms with E-state index >= 15 is 0 Å². The van der Waals surface area contributed by atoms with Crippen LogP contribution in [0.1, 0.15) is 0 Å². The van der Waals surface area contributed by atoms with E-state index in [0.29, 0.717) is 0 Å². The fourth-order valence-electron chi connectivity index (χ4n) is 0. The summed E-state index contributed by atoms with van der Waals surface area (Å²) in [5, 5.41) is 0. The van der Waals surface area contributed by atoms with Crippen molar-refractivity contribution in [3.8, 4) is 0 Å². The zero-order chi connectivity index (χ0) is 5.41. The molecule has 0 nitrogen and oxygen atoms in total. The average molecular weight is 431 g/mol. The third-order valence-corrected chi connectivity index (χ3v) is 0. The molecule has 0 atom stereocenters. The van der Waals surface area contributed by atoms with E-state index in [1.165, 1.54) is 10.0 Å². The molecule has 0 bridgehead atoms. The summed E-state index contributed by atoms with van der Waals surface area (Å²) in [4.78, 5) is 0. The Balaban J connectivity index is 0. The maximum atomic E-state index is 2.75. The maximum absolute atomic E-state index is 2.75. The van der Waals surface area contributed by atoms with E-state index in [-0.39, 0.29) is 0 Å². The quantitative estimate of drug-likeness (QED) is 0.409. The molecule has 0 aliphatic rings. The van der Waals surface area contributed by atoms with Gasteiger partial charge in [-0.1, -0.05) is 0 Å². The van der Waals surface area contributed by atoms with E-state index in [1.54, 1.807) is 0 Å². The van der Waals surface area contributed by atoms with E-state index in [2.05, 4.69) is 54.7 Å². The molecule has 0 aromatic heterocycles. The third-order valence-electron chi connectivity index (χ3n) is 0. The molecule has 0 unspecified atom stereocenters. The van der Waals surface area contributed by atoms with Crippen LogP contribution < -0.4 is 0 Å². The van der Waals surface area contributed by atoms with Gasteiger partial charge in [-0.05, 0) is 0 Å². The summed E-state index contributed by atoms with van der Waals surface area (Å²) in [6, 6.07) is 0. The normalized spacial score (nSPS) is 5.33. The summed E-state index contributed by atoms with van der Waals surface area (Å²) in [5.74, 6) is 0. The molecule has 0 rings (SSSR count). The molecule has 0 heterocycles. The molecular formula is CoFeSe4. The molecule has 0 aliphatic carbocycles. The van der Waals surface area contributed by atoms with Crippen molar-refractivity contribution in [3.63, 3.8) is 0 Å². The van der Waals surface area contributed by atoms with Crippen molar-refractivity contribution < 1.29 is 20.3 Å². The minimum atomic E-state index is 1.00. The summed E-state index contributed by atoms with van der Waals surface area (Å²) < 4.78 is 0. The van der Waals surface area contributed by atoms with Crippen LogP contribution in [0.4, 0.5) is 0 Å². The Bertz CT molecular complexity index is 61.5. The second kappa shape index (κ2) is 15.7. The molecule has 0 aromatic carbocycles. The van der Waals surface area contributed by atoms with Crippen LogP contribution in [0.3, 0.4) is 0 Å². The van der Waals surface area contributed by atoms with Gasteiger partial charge in [0.05, 0.1) is 0 Å². The molecule has 0 aromatic rings. The van der Waals surface area contributed by atoms with Gasteiger partial charge in [0.15, 0.2) is 0 Å². The Morgan fingerprint density at radius 2 is 1.17 bits per heavy atom. The van der Waals surface area contributed by atoms with Gasteiger partial charge in [0.25, 0.3) is 0 Å². The van der Waals surface area contributed by atoms with E-state index in [9.17, 15) is 0 Å². The Morgan fingerprint density at radius 1 is 1.17 bits per heavy atom. The van der Waals surface area contributed by atoms with Gasteiger partial charge in [-0.15, -0.1) is 0 Å². The predicted molar refractivity (Wildman–Crippen MR) is 23.0 cm³/mol. The van der Waals surface area contributed by atoms with E-state index in [0.717, 1.165) is 10.2 Å². The van der Waals surface area contributed by atoms with Crippen LogP contribution in [0.2, 0.25) is 0 Å². The van der Waals surface area contributed by atoms with Gasteiger partial charge in [-0.2, -0.15) is 0 Å². The Hall–Kier alpha value is 3.10. The molecule has 6 heteroatoms. The Kier molecular flexibility index (Phi) is 31.0. The molecular weight excluding hydrogens is 431 g/mol. The molecule has 0 amide bonds. The second-order valence-electron chi connectivity index (χ2n) is 0.114. The first-order chi connectivity index (χ1) is 2.83. The van der Waals surface area contributed by atoms with Gasteiger partial charge in [-0.3, -0.25) is 0 Å². The Labute approximate surface area is 73.5 Å². The molecule has 41 valence electrons. The molecule has 0 spiro atoms. The molecule has 0 saturated carbocycles. The average Bonchev–Trinajstić information content (AvgIpc) is 1.39. The summed E-state index contributed by atoms with van der Waals surface area (Å²) in [6.07, 6.45) is 0. The molecule has 6 heavy (non-hydrogen) atoms. The van der Waals surface area contributed by atoms with Gasteiger partial charge < -0.3 is 0 Å². The summed E-state index contributed by atoms with van der Waals surface area (Å²) in [5.41, 5.74) is 0. The number of hydrogen-bond donors (Lipinski definition) is 0. The van der Waals surface area contributed by atoms with Crippen LogP contribution in [-0.2, 0) is 20.3 Å². The summed E-state index contributed by atoms with van der Waals surface area (Å²) >= 11 is 10.9. The fraction of sp³-hybridized carbons (Fsp3) is 0. The summed E-state index contributed by atoms with van der Waals surface area (Å²) in [6.45, 7) is 0. The van der Waals surface area contributed by atoms with Crippen molar-refractivity contribution in [3.05, 3.63) is 0 Å². The molecule has 0 aliphatic heterocycles. The van der Waals surface area contributed by atoms with Crippen LogP contribution >= 0.6 is 0 Å². The monoisotopic (exact) mass is 435 g/mol. The molecule has 0 saturated heterocycles. The van der Waals surface area contributed by atoms with E-state index < -0.39 is 0 Å². The molecule has 0 N–H and O–H groups in total. The minimum absolute atomic E-state index is 1.00. The second-order valence-corrected chi connectivity index (χ2v) is 12.7. The fourth-order valence-corrected chi connectivity index (χ4v) is 0. The van der Waals surface area contributed by atoms with Crippen molar-refractivity contribution in [1.82, 2.24) is 0 Å². The van der Waals surface area contributed by atoms with Crippen molar-refractivity contribution >= 4 is 54.7 Å². The first-order valence-electron chi connectivity index (χ1n) is 0.561. The van der Waals surface area contributed by atoms with Crippen LogP contribution in [0.15, 0.2) is 0 Å². The third kappa shape index (κ3) is 27.5. The van der Waals surface area contributed by atoms with Gasteiger partial charge in [-0.25, -0.2) is 0 Å². The standard InChI is InChI=1S/Co.Fe.4Se. The van der Waals surface area contributed by atoms with Crippen molar-refractivity contribution in [2.45, 2.75) is 0 Å². The summed E-state index contributed by atoms with van der Waals surface area (Å²) in [7, 11) is 2.19. The van der Waals surface area contributed by atoms with Gasteiger partial charge >= 0.3 is 75.0 Å². The number of hydrogen-bond acceptors (Lipinski definition) is 0. The first-order valence-corrected chi connectivity index (χ1v) is 12.0. The topological polar surface area (TPSA) is 0 Å². The van der Waals surface area contributed by atoms with Crippen LogP contribution in [-0.4, -0.2) is 54.7 Å². The van der Waals surface area contributed by atoms with Crippen molar-refractivity contribution in [1.29, 1.82) is 0 Å². The molecule has 0 fully saturated rings. The van der Waals surface area contributed by atoms with Crippen LogP contribution in [0, 0.1) is 0 Å². The van der Waals surface area contributed by atoms with E-state index in [4.69, 9.17) is 0 Å². The van der Waals surface area contributed by atoms with Gasteiger partial charge in [0, 0.05) is 0 Å². The van der Waals surface area contributed by atoms with Crippen LogP contribution in [0.5, 0.6) is 0 Å². The van der Waals surface area contributed by atoms with Crippen molar-refractivity contribution in [2.24, 2.45) is 0 Å². The number of rotatable bonds is 0. The molecule has 0 radical (unpaired) electrons. The van der Waals surface area contributed by atoms with E-state index in [1.807, 2.05) is 0 Å². The predicted octanol–water partition coefficient (Wildman–Crippen LogP) is -1.53. The Morgan fingerprint density at radius 3 is 1.17 bits per heavy atom. The zero-order valence-electron chi connectivity index (χ0n) is 2.32. The van der Waals surface area contributed by atoms with Crippen LogP contribution in [0.25, 0.3) is 0 Å². The van der Waals surface area contributed by atoms with Gasteiger partial charge in [0.1, 0.15) is 0 Å². The SMILES string of the molecule is [Se]=[Co]=[Se].[Se]=[Fe]=[Se].